The number of nitrogens with one attached hydrogen (secondary N) is 1. The maximum Gasteiger partial charge on any atom is 0.0573 e. The van der Waals surface area contributed by atoms with Gasteiger partial charge < -0.3 is 5.32 Å². The van der Waals surface area contributed by atoms with E-state index in [9.17, 15) is 0 Å². The highest BCUT2D eigenvalue weighted by molar-refractivity contribution is 5.85. The Morgan fingerprint density at radius 3 is 3.06 bits per heavy atom. The SMILES string of the molecule is Cc1cccnc1CN1CCNCC1C.Cl. The maximum atomic E-state index is 4.44. The predicted molar refractivity (Wildman–Crippen MR) is 69.0 cm³/mol. The minimum Gasteiger partial charge on any atom is -0.314 e. The minimum absolute atomic E-state index is 0. The second-order valence-electron chi connectivity index (χ2n) is 4.29. The number of pyridine rings is 1. The molecule has 2 rings (SSSR count). The third kappa shape index (κ3) is 3.17. The van der Waals surface area contributed by atoms with Crippen LogP contribution >= 0.6 is 12.4 Å². The lowest BCUT2D eigenvalue weighted by Gasteiger charge is -2.33. The van der Waals surface area contributed by atoms with Gasteiger partial charge in [-0.2, -0.15) is 0 Å². The van der Waals surface area contributed by atoms with Crippen LogP contribution in [0, 0.1) is 6.92 Å². The van der Waals surface area contributed by atoms with Crippen molar-refractivity contribution in [2.24, 2.45) is 0 Å². The van der Waals surface area contributed by atoms with Gasteiger partial charge >= 0.3 is 0 Å². The zero-order chi connectivity index (χ0) is 10.7. The molecule has 3 nitrogen and oxygen atoms in total. The van der Waals surface area contributed by atoms with Crippen molar-refractivity contribution < 1.29 is 0 Å². The first kappa shape index (κ1) is 13.4. The molecule has 1 N–H and O–H groups in total. The summed E-state index contributed by atoms with van der Waals surface area (Å²) in [5.74, 6) is 0. The molecule has 0 saturated carbocycles. The molecule has 1 fully saturated rings. The van der Waals surface area contributed by atoms with E-state index in [-0.39, 0.29) is 12.4 Å². The first-order valence-electron chi connectivity index (χ1n) is 5.62. The lowest BCUT2D eigenvalue weighted by Crippen LogP contribution is -2.49. The molecule has 2 heterocycles. The molecule has 90 valence electrons. The van der Waals surface area contributed by atoms with Gasteiger partial charge in [-0.1, -0.05) is 6.07 Å². The van der Waals surface area contributed by atoms with Crippen LogP contribution in [-0.4, -0.2) is 35.6 Å². The summed E-state index contributed by atoms with van der Waals surface area (Å²) in [7, 11) is 0. The van der Waals surface area contributed by atoms with Crippen LogP contribution < -0.4 is 5.32 Å². The van der Waals surface area contributed by atoms with Crippen LogP contribution in [0.15, 0.2) is 18.3 Å². The van der Waals surface area contributed by atoms with Crippen LogP contribution in [0.3, 0.4) is 0 Å². The van der Waals surface area contributed by atoms with Crippen molar-refractivity contribution in [1.82, 2.24) is 15.2 Å². The van der Waals surface area contributed by atoms with Crippen LogP contribution in [0.25, 0.3) is 0 Å². The molecule has 1 aliphatic rings. The zero-order valence-electron chi connectivity index (χ0n) is 9.94. The number of aromatic nitrogens is 1. The largest absolute Gasteiger partial charge is 0.314 e. The normalized spacial score (nSPS) is 21.5. The van der Waals surface area contributed by atoms with Crippen LogP contribution in [0.4, 0.5) is 0 Å². The number of rotatable bonds is 2. The summed E-state index contributed by atoms with van der Waals surface area (Å²) < 4.78 is 0. The summed E-state index contributed by atoms with van der Waals surface area (Å²) in [6.07, 6.45) is 1.88. The number of hydrogen-bond acceptors (Lipinski definition) is 3. The molecular formula is C12H20ClN3. The van der Waals surface area contributed by atoms with Crippen molar-refractivity contribution in [2.75, 3.05) is 19.6 Å². The fourth-order valence-electron chi connectivity index (χ4n) is 1.99. The Balaban J connectivity index is 0.00000128. The van der Waals surface area contributed by atoms with E-state index in [1.807, 2.05) is 12.3 Å². The van der Waals surface area contributed by atoms with Crippen molar-refractivity contribution in [2.45, 2.75) is 26.4 Å². The van der Waals surface area contributed by atoms with Gasteiger partial charge in [0.1, 0.15) is 0 Å². The lowest BCUT2D eigenvalue weighted by atomic mass is 10.1. The lowest BCUT2D eigenvalue weighted by molar-refractivity contribution is 0.163. The molecule has 1 unspecified atom stereocenters. The maximum absolute atomic E-state index is 4.44. The summed E-state index contributed by atoms with van der Waals surface area (Å²) in [6.45, 7) is 8.69. The van der Waals surface area contributed by atoms with Gasteiger partial charge in [-0.25, -0.2) is 0 Å². The fraction of sp³-hybridized carbons (Fsp3) is 0.583. The molecule has 0 aromatic carbocycles. The third-order valence-corrected chi connectivity index (χ3v) is 3.11. The zero-order valence-corrected chi connectivity index (χ0v) is 10.8. The Morgan fingerprint density at radius 1 is 1.56 bits per heavy atom. The van der Waals surface area contributed by atoms with Crippen LogP contribution in [0.2, 0.25) is 0 Å². The van der Waals surface area contributed by atoms with Crippen molar-refractivity contribution in [3.8, 4) is 0 Å². The second-order valence-corrected chi connectivity index (χ2v) is 4.29. The van der Waals surface area contributed by atoms with Gasteiger partial charge in [-0.3, -0.25) is 9.88 Å². The standard InChI is InChI=1S/C12H19N3.ClH/c1-10-4-3-5-14-12(10)9-15-7-6-13-8-11(15)2;/h3-5,11,13H,6-9H2,1-2H3;1H. The number of nitrogens with zero attached hydrogens (tertiary/aromatic N) is 2. The number of hydrogen-bond donors (Lipinski definition) is 1. The third-order valence-electron chi connectivity index (χ3n) is 3.11. The first-order valence-corrected chi connectivity index (χ1v) is 5.62. The van der Waals surface area contributed by atoms with E-state index in [0.717, 1.165) is 26.2 Å². The van der Waals surface area contributed by atoms with Crippen LogP contribution in [0.5, 0.6) is 0 Å². The monoisotopic (exact) mass is 241 g/mol. The van der Waals surface area contributed by atoms with Crippen molar-refractivity contribution in [3.63, 3.8) is 0 Å². The van der Waals surface area contributed by atoms with Gasteiger partial charge in [-0.05, 0) is 25.5 Å². The van der Waals surface area contributed by atoms with E-state index in [0.29, 0.717) is 6.04 Å². The molecule has 4 heteroatoms. The van der Waals surface area contributed by atoms with Gasteiger partial charge in [-0.15, -0.1) is 12.4 Å². The summed E-state index contributed by atoms with van der Waals surface area (Å²) in [4.78, 5) is 6.94. The predicted octanol–water partition coefficient (Wildman–Crippen LogP) is 1.61. The van der Waals surface area contributed by atoms with Gasteiger partial charge in [0, 0.05) is 38.4 Å². The highest BCUT2D eigenvalue weighted by atomic mass is 35.5. The van der Waals surface area contributed by atoms with Crippen molar-refractivity contribution >= 4 is 12.4 Å². The van der Waals surface area contributed by atoms with E-state index in [4.69, 9.17) is 0 Å². The molecule has 1 aromatic heterocycles. The molecule has 0 amide bonds. The summed E-state index contributed by atoms with van der Waals surface area (Å²) >= 11 is 0. The van der Waals surface area contributed by atoms with Crippen LogP contribution in [0.1, 0.15) is 18.2 Å². The van der Waals surface area contributed by atoms with Crippen molar-refractivity contribution in [1.29, 1.82) is 0 Å². The van der Waals surface area contributed by atoms with E-state index in [2.05, 4.69) is 35.1 Å². The van der Waals surface area contributed by atoms with E-state index >= 15 is 0 Å². The Morgan fingerprint density at radius 2 is 2.38 bits per heavy atom. The van der Waals surface area contributed by atoms with Gasteiger partial charge in [0.2, 0.25) is 0 Å². The molecule has 16 heavy (non-hydrogen) atoms. The topological polar surface area (TPSA) is 28.2 Å². The van der Waals surface area contributed by atoms with E-state index in [1.54, 1.807) is 0 Å². The smallest absolute Gasteiger partial charge is 0.0573 e. The highest BCUT2D eigenvalue weighted by Crippen LogP contribution is 2.11. The Kier molecular flexibility index (Phi) is 5.19. The van der Waals surface area contributed by atoms with Crippen molar-refractivity contribution in [3.05, 3.63) is 29.6 Å². The average molecular weight is 242 g/mol. The van der Waals surface area contributed by atoms with Gasteiger partial charge in [0.05, 0.1) is 5.69 Å². The Bertz CT molecular complexity index is 330. The summed E-state index contributed by atoms with van der Waals surface area (Å²) in [6, 6.07) is 4.75. The first-order chi connectivity index (χ1) is 7.27. The highest BCUT2D eigenvalue weighted by Gasteiger charge is 2.18. The Labute approximate surface area is 104 Å². The van der Waals surface area contributed by atoms with Crippen LogP contribution in [-0.2, 0) is 6.54 Å². The average Bonchev–Trinajstić information content (AvgIpc) is 2.24. The molecule has 0 spiro atoms. The number of halogens is 1. The molecule has 1 saturated heterocycles. The van der Waals surface area contributed by atoms with E-state index < -0.39 is 0 Å². The molecule has 1 aromatic rings. The van der Waals surface area contributed by atoms with Gasteiger partial charge in [0.25, 0.3) is 0 Å². The summed E-state index contributed by atoms with van der Waals surface area (Å²) in [5.41, 5.74) is 2.51. The molecule has 0 bridgehead atoms. The fourth-order valence-corrected chi connectivity index (χ4v) is 1.99. The summed E-state index contributed by atoms with van der Waals surface area (Å²) in [5, 5.41) is 3.40. The molecule has 1 atom stereocenters. The van der Waals surface area contributed by atoms with Gasteiger partial charge in [0.15, 0.2) is 0 Å². The number of piperazine rings is 1. The molecule has 0 radical (unpaired) electrons. The molecule has 1 aliphatic heterocycles. The number of aryl methyl sites for hydroxylation is 1. The molecular weight excluding hydrogens is 222 g/mol. The van der Waals surface area contributed by atoms with E-state index in [1.165, 1.54) is 11.3 Å². The molecule has 0 aliphatic carbocycles. The Hall–Kier alpha value is -0.640. The minimum atomic E-state index is 0. The second kappa shape index (κ2) is 6.18. The quantitative estimate of drug-likeness (QED) is 0.853.